The van der Waals surface area contributed by atoms with Crippen molar-refractivity contribution in [1.82, 2.24) is 10.0 Å². The zero-order valence-corrected chi connectivity index (χ0v) is 14.2. The molecule has 0 aliphatic heterocycles. The van der Waals surface area contributed by atoms with Gasteiger partial charge in [-0.2, -0.15) is 11.8 Å². The van der Waals surface area contributed by atoms with E-state index in [1.165, 1.54) is 11.3 Å². The standard InChI is InChI=1S/C12H22N2O2S3/c1-9(2)13-7-11-12(5-6-18-11)19(15,16)14-10(3)8-17-4/h5-6,9-10,13-14H,7-8H2,1-4H3. The Labute approximate surface area is 124 Å². The fraction of sp³-hybridized carbons (Fsp3) is 0.667. The lowest BCUT2D eigenvalue weighted by molar-refractivity contribution is 0.564. The maximum Gasteiger partial charge on any atom is 0.241 e. The topological polar surface area (TPSA) is 58.2 Å². The summed E-state index contributed by atoms with van der Waals surface area (Å²) in [5, 5.41) is 5.08. The normalized spacial score (nSPS) is 13.9. The van der Waals surface area contributed by atoms with Crippen LogP contribution < -0.4 is 10.0 Å². The van der Waals surface area contributed by atoms with Crippen molar-refractivity contribution in [2.45, 2.75) is 44.3 Å². The summed E-state index contributed by atoms with van der Waals surface area (Å²) in [6, 6.07) is 1.95. The van der Waals surface area contributed by atoms with Crippen molar-refractivity contribution in [3.05, 3.63) is 16.3 Å². The molecular weight excluding hydrogens is 300 g/mol. The first-order valence-corrected chi connectivity index (χ1v) is 9.93. The highest BCUT2D eigenvalue weighted by molar-refractivity contribution is 7.98. The summed E-state index contributed by atoms with van der Waals surface area (Å²) in [6.45, 7) is 6.55. The molecule has 1 atom stereocenters. The summed E-state index contributed by atoms with van der Waals surface area (Å²) >= 11 is 3.10. The van der Waals surface area contributed by atoms with Gasteiger partial charge in [0.1, 0.15) is 0 Å². The smallest absolute Gasteiger partial charge is 0.241 e. The van der Waals surface area contributed by atoms with E-state index in [9.17, 15) is 8.42 Å². The molecule has 0 saturated carbocycles. The number of nitrogens with one attached hydrogen (secondary N) is 2. The van der Waals surface area contributed by atoms with Crippen molar-refractivity contribution in [3.8, 4) is 0 Å². The van der Waals surface area contributed by atoms with Crippen LogP contribution in [0.1, 0.15) is 25.6 Å². The second-order valence-electron chi connectivity index (χ2n) is 4.72. The molecule has 0 aromatic carbocycles. The molecule has 4 nitrogen and oxygen atoms in total. The Morgan fingerprint density at radius 3 is 2.63 bits per heavy atom. The Bertz CT molecular complexity index is 483. The minimum absolute atomic E-state index is 0.0641. The first-order chi connectivity index (χ1) is 8.86. The number of thioether (sulfide) groups is 1. The SMILES string of the molecule is CSCC(C)NS(=O)(=O)c1ccsc1CNC(C)C. The van der Waals surface area contributed by atoms with Crippen LogP contribution >= 0.6 is 23.1 Å². The predicted molar refractivity (Wildman–Crippen MR) is 84.5 cm³/mol. The second kappa shape index (κ2) is 7.64. The van der Waals surface area contributed by atoms with Gasteiger partial charge >= 0.3 is 0 Å². The Balaban J connectivity index is 2.81. The molecule has 1 rings (SSSR count). The number of hydrogen-bond donors (Lipinski definition) is 2. The van der Waals surface area contributed by atoms with Gasteiger partial charge in [0.05, 0.1) is 4.90 Å². The van der Waals surface area contributed by atoms with Crippen molar-refractivity contribution in [2.24, 2.45) is 0 Å². The van der Waals surface area contributed by atoms with Crippen molar-refractivity contribution in [3.63, 3.8) is 0 Å². The summed E-state index contributed by atoms with van der Waals surface area (Å²) < 4.78 is 27.3. The van der Waals surface area contributed by atoms with Gasteiger partial charge in [0, 0.05) is 29.3 Å². The number of thiophene rings is 1. The third kappa shape index (κ3) is 5.43. The van der Waals surface area contributed by atoms with Gasteiger partial charge in [-0.3, -0.25) is 0 Å². The summed E-state index contributed by atoms with van der Waals surface area (Å²) in [4.78, 5) is 1.26. The highest BCUT2D eigenvalue weighted by Crippen LogP contribution is 2.22. The third-order valence-electron chi connectivity index (χ3n) is 2.44. The van der Waals surface area contributed by atoms with E-state index < -0.39 is 10.0 Å². The molecule has 0 bridgehead atoms. The third-order valence-corrected chi connectivity index (χ3v) is 6.00. The van der Waals surface area contributed by atoms with E-state index in [4.69, 9.17) is 0 Å². The van der Waals surface area contributed by atoms with E-state index in [1.54, 1.807) is 17.8 Å². The van der Waals surface area contributed by atoms with Crippen molar-refractivity contribution in [2.75, 3.05) is 12.0 Å². The van der Waals surface area contributed by atoms with Gasteiger partial charge in [0.15, 0.2) is 0 Å². The molecule has 0 saturated heterocycles. The maximum atomic E-state index is 12.3. The van der Waals surface area contributed by atoms with Crippen LogP contribution in [-0.2, 0) is 16.6 Å². The Kier molecular flexibility index (Phi) is 6.82. The van der Waals surface area contributed by atoms with Crippen LogP contribution in [0.3, 0.4) is 0 Å². The molecule has 2 N–H and O–H groups in total. The van der Waals surface area contributed by atoms with Gasteiger partial charge < -0.3 is 5.32 Å². The molecule has 0 aliphatic carbocycles. The molecular formula is C12H22N2O2S3. The fourth-order valence-corrected chi connectivity index (χ4v) is 4.93. The molecule has 0 spiro atoms. The maximum absolute atomic E-state index is 12.3. The van der Waals surface area contributed by atoms with Gasteiger partial charge in [-0.15, -0.1) is 11.3 Å². The second-order valence-corrected chi connectivity index (χ2v) is 8.32. The molecule has 1 aromatic rings. The Hall–Kier alpha value is -0.0800. The fourth-order valence-electron chi connectivity index (χ4n) is 1.61. The van der Waals surface area contributed by atoms with Gasteiger partial charge in [-0.05, 0) is 24.6 Å². The first-order valence-electron chi connectivity index (χ1n) is 6.18. The number of hydrogen-bond acceptors (Lipinski definition) is 5. The zero-order chi connectivity index (χ0) is 14.5. The van der Waals surface area contributed by atoms with E-state index in [0.717, 1.165) is 10.6 Å². The van der Waals surface area contributed by atoms with Crippen LogP contribution in [0, 0.1) is 0 Å². The van der Waals surface area contributed by atoms with Crippen LogP contribution in [0.2, 0.25) is 0 Å². The first kappa shape index (κ1) is 17.0. The van der Waals surface area contributed by atoms with Gasteiger partial charge in [-0.25, -0.2) is 13.1 Å². The number of rotatable bonds is 8. The monoisotopic (exact) mass is 322 g/mol. The zero-order valence-electron chi connectivity index (χ0n) is 11.8. The lowest BCUT2D eigenvalue weighted by Crippen LogP contribution is -2.34. The highest BCUT2D eigenvalue weighted by Gasteiger charge is 2.21. The highest BCUT2D eigenvalue weighted by atomic mass is 32.2. The van der Waals surface area contributed by atoms with E-state index >= 15 is 0 Å². The Morgan fingerprint density at radius 1 is 1.37 bits per heavy atom. The van der Waals surface area contributed by atoms with E-state index in [-0.39, 0.29) is 6.04 Å². The predicted octanol–water partition coefficient (Wildman–Crippen LogP) is 2.28. The number of sulfonamides is 1. The minimum Gasteiger partial charge on any atom is -0.310 e. The van der Waals surface area contributed by atoms with Crippen molar-refractivity contribution in [1.29, 1.82) is 0 Å². The molecule has 0 fully saturated rings. The summed E-state index contributed by atoms with van der Waals surface area (Å²) in [6.07, 6.45) is 1.97. The molecule has 110 valence electrons. The molecule has 0 radical (unpaired) electrons. The molecule has 0 amide bonds. The van der Waals surface area contributed by atoms with Gasteiger partial charge in [0.25, 0.3) is 0 Å². The van der Waals surface area contributed by atoms with Crippen LogP contribution in [-0.4, -0.2) is 32.5 Å². The average molecular weight is 323 g/mol. The van der Waals surface area contributed by atoms with E-state index in [0.29, 0.717) is 17.5 Å². The summed E-state index contributed by atoms with van der Waals surface area (Å²) in [5.41, 5.74) is 0. The van der Waals surface area contributed by atoms with Crippen LogP contribution in [0.5, 0.6) is 0 Å². The quantitative estimate of drug-likeness (QED) is 0.771. The lowest BCUT2D eigenvalue weighted by atomic mass is 10.4. The van der Waals surface area contributed by atoms with Crippen molar-refractivity contribution >= 4 is 33.1 Å². The molecule has 1 unspecified atom stereocenters. The van der Waals surface area contributed by atoms with Crippen molar-refractivity contribution < 1.29 is 8.42 Å². The lowest BCUT2D eigenvalue weighted by Gasteiger charge is -2.14. The van der Waals surface area contributed by atoms with Crippen LogP contribution in [0.4, 0.5) is 0 Å². The van der Waals surface area contributed by atoms with Crippen LogP contribution in [0.15, 0.2) is 16.3 Å². The molecule has 1 aromatic heterocycles. The molecule has 7 heteroatoms. The molecule has 0 aliphatic rings. The Morgan fingerprint density at radius 2 is 2.05 bits per heavy atom. The average Bonchev–Trinajstić information content (AvgIpc) is 2.74. The minimum atomic E-state index is -3.41. The van der Waals surface area contributed by atoms with Crippen LogP contribution in [0.25, 0.3) is 0 Å². The summed E-state index contributed by atoms with van der Waals surface area (Å²) in [5.74, 6) is 0.767. The van der Waals surface area contributed by atoms with Gasteiger partial charge in [-0.1, -0.05) is 13.8 Å². The van der Waals surface area contributed by atoms with E-state index in [2.05, 4.69) is 10.0 Å². The molecule has 1 heterocycles. The summed E-state index contributed by atoms with van der Waals surface area (Å²) in [7, 11) is -3.41. The van der Waals surface area contributed by atoms with Gasteiger partial charge in [0.2, 0.25) is 10.0 Å². The largest absolute Gasteiger partial charge is 0.310 e. The van der Waals surface area contributed by atoms with E-state index in [1.807, 2.05) is 32.4 Å². The molecule has 19 heavy (non-hydrogen) atoms.